The highest BCUT2D eigenvalue weighted by Gasteiger charge is 2.39. The molecule has 0 unspecified atom stereocenters. The van der Waals surface area contributed by atoms with Crippen molar-refractivity contribution in [3.05, 3.63) is 84.5 Å². The molecule has 226 valence electrons. The Balaban J connectivity index is 1.68. The van der Waals surface area contributed by atoms with E-state index < -0.39 is 25.1 Å². The molecule has 0 amide bonds. The molecule has 0 fully saturated rings. The van der Waals surface area contributed by atoms with Gasteiger partial charge < -0.3 is 5.32 Å². The molecule has 0 radical (unpaired) electrons. The van der Waals surface area contributed by atoms with Crippen molar-refractivity contribution >= 4 is 37.4 Å². The lowest BCUT2D eigenvalue weighted by Crippen LogP contribution is -2.33. The van der Waals surface area contributed by atoms with Crippen LogP contribution in [-0.2, 0) is 19.9 Å². The molecule has 2 heterocycles. The van der Waals surface area contributed by atoms with Crippen LogP contribution in [0.4, 0.5) is 0 Å². The standard InChI is InChI=1S/C32H46N2O4S3/c1-4-6-7-8-9-10-11-12-13-14-15-16-17-18-19-20-21-22-23-24-25-34-41(37,38)31-27-29-30(33-5-2)26-28(3)40(35,36)32(29)39-31/h6-7,9-10,12-13,15-16,18-19,21-22,25,27-28,30,33H,4-5,8,11,14,17,20,23-24,26H2,1-3H3/b7-6-,10-9-,13-12-,16-15-,19-18-,22-21-,34-25+/t28-,30-/m0/s1. The molecule has 0 aromatic carbocycles. The summed E-state index contributed by atoms with van der Waals surface area (Å²) in [5.74, 6) is 0. The lowest BCUT2D eigenvalue weighted by Gasteiger charge is -2.27. The van der Waals surface area contributed by atoms with E-state index >= 15 is 0 Å². The van der Waals surface area contributed by atoms with Gasteiger partial charge in [0.25, 0.3) is 10.0 Å². The van der Waals surface area contributed by atoms with Crippen molar-refractivity contribution in [2.24, 2.45) is 4.40 Å². The molecule has 1 N–H and O–H groups in total. The molecular formula is C32H46N2O4S3. The van der Waals surface area contributed by atoms with Gasteiger partial charge in [-0.25, -0.2) is 8.42 Å². The van der Waals surface area contributed by atoms with E-state index in [1.165, 1.54) is 12.3 Å². The molecule has 0 saturated heterocycles. The van der Waals surface area contributed by atoms with Crippen LogP contribution in [0.15, 0.2) is 91.8 Å². The number of hydrogen-bond donors (Lipinski definition) is 1. The average Bonchev–Trinajstić information content (AvgIpc) is 3.41. The van der Waals surface area contributed by atoms with Crippen LogP contribution in [0, 0.1) is 0 Å². The molecule has 1 aromatic rings. The van der Waals surface area contributed by atoms with Crippen molar-refractivity contribution in [2.75, 3.05) is 6.54 Å². The molecular weight excluding hydrogens is 573 g/mol. The number of nitrogens with one attached hydrogen (secondary N) is 1. The molecule has 0 bridgehead atoms. The van der Waals surface area contributed by atoms with Gasteiger partial charge in [-0.3, -0.25) is 0 Å². The van der Waals surface area contributed by atoms with E-state index in [-0.39, 0.29) is 14.5 Å². The summed E-state index contributed by atoms with van der Waals surface area (Å²) < 4.78 is 55.0. The highest BCUT2D eigenvalue weighted by atomic mass is 32.3. The Bertz CT molecular complexity index is 1340. The zero-order chi connectivity index (χ0) is 30.0. The topological polar surface area (TPSA) is 92.7 Å². The van der Waals surface area contributed by atoms with Crippen molar-refractivity contribution in [3.8, 4) is 0 Å². The second-order valence-electron chi connectivity index (χ2n) is 9.77. The number of nitrogens with zero attached hydrogens (tertiary/aromatic N) is 1. The molecule has 0 aliphatic carbocycles. The average molecular weight is 619 g/mol. The largest absolute Gasteiger partial charge is 0.310 e. The Kier molecular flexibility index (Phi) is 16.1. The molecule has 0 saturated carbocycles. The Morgan fingerprint density at radius 3 is 1.88 bits per heavy atom. The number of sulfonamides is 1. The first-order valence-electron chi connectivity index (χ1n) is 14.5. The molecule has 41 heavy (non-hydrogen) atoms. The maximum atomic E-state index is 12.8. The molecule has 1 aliphatic rings. The fraction of sp³-hybridized carbons (Fsp3) is 0.469. The Morgan fingerprint density at radius 1 is 0.854 bits per heavy atom. The lowest BCUT2D eigenvalue weighted by molar-refractivity contribution is 0.477. The second-order valence-corrected chi connectivity index (χ2v) is 15.2. The first kappa shape index (κ1) is 34.9. The van der Waals surface area contributed by atoms with Crippen LogP contribution >= 0.6 is 11.3 Å². The molecule has 1 aliphatic heterocycles. The fourth-order valence-electron chi connectivity index (χ4n) is 4.18. The van der Waals surface area contributed by atoms with Crippen molar-refractivity contribution in [1.29, 1.82) is 0 Å². The predicted octanol–water partition coefficient (Wildman–Crippen LogP) is 8.20. The fourth-order valence-corrected chi connectivity index (χ4v) is 9.07. The SMILES string of the molecule is CC/C=C\C/C=C\C/C=C\C/C=C\C/C=C\C/C=C\CC/C=N/S(=O)(=O)c1cc2c(s1)S(=O)(=O)[C@@H](C)C[C@@H]2NCC. The maximum absolute atomic E-state index is 12.8. The van der Waals surface area contributed by atoms with Crippen molar-refractivity contribution in [1.82, 2.24) is 5.32 Å². The summed E-state index contributed by atoms with van der Waals surface area (Å²) >= 11 is 0.811. The normalized spacial score (nSPS) is 19.9. The molecule has 6 nitrogen and oxygen atoms in total. The summed E-state index contributed by atoms with van der Waals surface area (Å²) in [6.45, 7) is 6.42. The Hall–Kier alpha value is -2.33. The Labute approximate surface area is 252 Å². The van der Waals surface area contributed by atoms with Gasteiger partial charge >= 0.3 is 0 Å². The minimum atomic E-state index is -3.94. The third-order valence-corrected chi connectivity index (χ3v) is 12.0. The number of allylic oxidation sites excluding steroid dienone is 12. The first-order valence-corrected chi connectivity index (χ1v) is 18.3. The van der Waals surface area contributed by atoms with E-state index in [4.69, 9.17) is 0 Å². The quantitative estimate of drug-likeness (QED) is 0.102. The lowest BCUT2D eigenvalue weighted by atomic mass is 10.1. The van der Waals surface area contributed by atoms with E-state index in [0.717, 1.165) is 49.9 Å². The van der Waals surface area contributed by atoms with Gasteiger partial charge in [-0.2, -0.15) is 12.8 Å². The van der Waals surface area contributed by atoms with Gasteiger partial charge in [0.05, 0.1) is 5.25 Å². The summed E-state index contributed by atoms with van der Waals surface area (Å²) in [6, 6.07) is 1.31. The number of unbranched alkanes of at least 4 members (excludes halogenated alkanes) is 1. The number of fused-ring (bicyclic) bond motifs is 1. The minimum Gasteiger partial charge on any atom is -0.310 e. The maximum Gasteiger partial charge on any atom is 0.291 e. The van der Waals surface area contributed by atoms with Crippen LogP contribution in [0.2, 0.25) is 0 Å². The van der Waals surface area contributed by atoms with E-state index in [2.05, 4.69) is 83.5 Å². The number of rotatable bonds is 18. The zero-order valence-corrected chi connectivity index (χ0v) is 27.1. The van der Waals surface area contributed by atoms with Crippen molar-refractivity contribution in [3.63, 3.8) is 0 Å². The molecule has 2 atom stereocenters. The smallest absolute Gasteiger partial charge is 0.291 e. The van der Waals surface area contributed by atoms with Gasteiger partial charge in [-0.15, -0.1) is 11.3 Å². The monoisotopic (exact) mass is 618 g/mol. The van der Waals surface area contributed by atoms with Gasteiger partial charge in [0.15, 0.2) is 9.84 Å². The summed E-state index contributed by atoms with van der Waals surface area (Å²) in [5, 5.41) is 2.71. The van der Waals surface area contributed by atoms with Crippen LogP contribution in [0.5, 0.6) is 0 Å². The van der Waals surface area contributed by atoms with Gasteiger partial charge in [0.2, 0.25) is 0 Å². The van der Waals surface area contributed by atoms with E-state index in [0.29, 0.717) is 31.4 Å². The van der Waals surface area contributed by atoms with E-state index in [9.17, 15) is 16.8 Å². The first-order chi connectivity index (χ1) is 19.7. The molecule has 9 heteroatoms. The summed E-state index contributed by atoms with van der Waals surface area (Å²) in [4.78, 5) is 0. The van der Waals surface area contributed by atoms with Crippen LogP contribution in [0.3, 0.4) is 0 Å². The van der Waals surface area contributed by atoms with E-state index in [1.807, 2.05) is 13.0 Å². The zero-order valence-electron chi connectivity index (χ0n) is 24.6. The number of sulfone groups is 1. The minimum absolute atomic E-state index is 0.0201. The van der Waals surface area contributed by atoms with E-state index in [1.54, 1.807) is 6.92 Å². The molecule has 1 aromatic heterocycles. The number of hydrogen-bond acceptors (Lipinski definition) is 6. The summed E-state index contributed by atoms with van der Waals surface area (Å²) in [6.07, 6.45) is 34.5. The van der Waals surface area contributed by atoms with Crippen molar-refractivity contribution < 1.29 is 16.8 Å². The molecule has 0 spiro atoms. The van der Waals surface area contributed by atoms with Crippen LogP contribution < -0.4 is 5.32 Å². The van der Waals surface area contributed by atoms with Crippen molar-refractivity contribution in [2.45, 2.75) is 98.3 Å². The van der Waals surface area contributed by atoms with Crippen LogP contribution in [0.25, 0.3) is 0 Å². The van der Waals surface area contributed by atoms with Gasteiger partial charge in [-0.1, -0.05) is 86.8 Å². The van der Waals surface area contributed by atoms with Gasteiger partial charge in [0.1, 0.15) is 8.42 Å². The third kappa shape index (κ3) is 12.2. The predicted molar refractivity (Wildman–Crippen MR) is 175 cm³/mol. The highest BCUT2D eigenvalue weighted by molar-refractivity contribution is 7.96. The Morgan fingerprint density at radius 2 is 1.37 bits per heavy atom. The van der Waals surface area contributed by atoms with Crippen LogP contribution in [0.1, 0.15) is 90.2 Å². The van der Waals surface area contributed by atoms with Gasteiger partial charge in [0, 0.05) is 17.8 Å². The van der Waals surface area contributed by atoms with Gasteiger partial charge in [-0.05, 0) is 77.3 Å². The summed E-state index contributed by atoms with van der Waals surface area (Å²) in [5.41, 5.74) is 0.543. The highest BCUT2D eigenvalue weighted by Crippen LogP contribution is 2.43. The van der Waals surface area contributed by atoms with Crippen LogP contribution in [-0.4, -0.2) is 34.8 Å². The summed E-state index contributed by atoms with van der Waals surface area (Å²) in [7, 11) is -7.47. The number of thiophene rings is 1. The molecule has 2 rings (SSSR count). The second kappa shape index (κ2) is 19.0. The third-order valence-electron chi connectivity index (χ3n) is 6.41.